The largest absolute Gasteiger partial charge is 0.384 e. The van der Waals surface area contributed by atoms with Gasteiger partial charge in [0.25, 0.3) is 5.91 Å². The molecule has 3 nitrogen and oxygen atoms in total. The van der Waals surface area contributed by atoms with Crippen LogP contribution in [0.2, 0.25) is 0 Å². The maximum absolute atomic E-state index is 12.3. The molecule has 4 heteroatoms. The van der Waals surface area contributed by atoms with Crippen LogP contribution in [-0.4, -0.2) is 18.0 Å². The number of carbonyl (C=O) groups excluding carboxylic acids is 1. The van der Waals surface area contributed by atoms with Crippen LogP contribution in [0, 0.1) is 0 Å². The average Bonchev–Trinajstić information content (AvgIpc) is 2.96. The first-order valence-electron chi connectivity index (χ1n) is 6.86. The van der Waals surface area contributed by atoms with E-state index in [0.717, 1.165) is 31.4 Å². The molecule has 0 radical (unpaired) electrons. The Morgan fingerprint density at radius 1 is 1.32 bits per heavy atom. The number of hydrogen-bond acceptors (Lipinski definition) is 2. The Labute approximate surface area is 120 Å². The second kappa shape index (κ2) is 5.41. The molecule has 0 aromatic heterocycles. The molecule has 0 bridgehead atoms. The lowest BCUT2D eigenvalue weighted by Crippen LogP contribution is -2.43. The summed E-state index contributed by atoms with van der Waals surface area (Å²) in [5.74, 6) is 0.0779. The summed E-state index contributed by atoms with van der Waals surface area (Å²) < 4.78 is 0. The summed E-state index contributed by atoms with van der Waals surface area (Å²) in [6.07, 6.45) is 5.68. The van der Waals surface area contributed by atoms with Crippen LogP contribution < -0.4 is 10.6 Å². The predicted molar refractivity (Wildman–Crippen MR) is 80.2 cm³/mol. The molecule has 1 fully saturated rings. The number of anilines is 1. The minimum absolute atomic E-state index is 0. The van der Waals surface area contributed by atoms with E-state index in [4.69, 9.17) is 0 Å². The fourth-order valence-electron chi connectivity index (χ4n) is 3.07. The van der Waals surface area contributed by atoms with Gasteiger partial charge in [0.2, 0.25) is 0 Å². The van der Waals surface area contributed by atoms with E-state index in [9.17, 15) is 4.79 Å². The molecule has 1 heterocycles. The van der Waals surface area contributed by atoms with Crippen LogP contribution in [0.15, 0.2) is 18.2 Å². The van der Waals surface area contributed by atoms with E-state index < -0.39 is 0 Å². The normalized spacial score (nSPS) is 19.2. The second-order valence-corrected chi connectivity index (χ2v) is 5.77. The zero-order valence-corrected chi connectivity index (χ0v) is 12.1. The minimum atomic E-state index is 0. The van der Waals surface area contributed by atoms with Gasteiger partial charge in [-0.3, -0.25) is 4.79 Å². The molecule has 1 aromatic carbocycles. The van der Waals surface area contributed by atoms with Crippen molar-refractivity contribution in [1.82, 2.24) is 5.32 Å². The van der Waals surface area contributed by atoms with Gasteiger partial charge in [-0.05, 0) is 49.9 Å². The molecule has 0 spiro atoms. The number of rotatable bonds is 2. The van der Waals surface area contributed by atoms with Crippen molar-refractivity contribution < 1.29 is 4.79 Å². The molecular weight excluding hydrogens is 260 g/mol. The topological polar surface area (TPSA) is 41.1 Å². The highest BCUT2D eigenvalue weighted by Gasteiger charge is 2.30. The molecule has 1 aromatic rings. The number of amides is 1. The summed E-state index contributed by atoms with van der Waals surface area (Å²) >= 11 is 0. The second-order valence-electron chi connectivity index (χ2n) is 5.77. The first-order valence-corrected chi connectivity index (χ1v) is 6.86. The minimum Gasteiger partial charge on any atom is -0.384 e. The van der Waals surface area contributed by atoms with E-state index in [1.54, 1.807) is 0 Å². The first kappa shape index (κ1) is 14.2. The van der Waals surface area contributed by atoms with E-state index in [2.05, 4.69) is 17.6 Å². The van der Waals surface area contributed by atoms with Crippen LogP contribution in [0.25, 0.3) is 0 Å². The maximum Gasteiger partial charge on any atom is 0.251 e. The van der Waals surface area contributed by atoms with Gasteiger partial charge in [0.05, 0.1) is 0 Å². The van der Waals surface area contributed by atoms with Gasteiger partial charge >= 0.3 is 0 Å². The summed E-state index contributed by atoms with van der Waals surface area (Å²) in [5, 5.41) is 6.52. The molecule has 1 aliphatic carbocycles. The molecule has 0 saturated heterocycles. The van der Waals surface area contributed by atoms with Gasteiger partial charge in [-0.15, -0.1) is 12.4 Å². The quantitative estimate of drug-likeness (QED) is 0.874. The Balaban J connectivity index is 0.00000133. The number of carbonyl (C=O) groups is 1. The maximum atomic E-state index is 12.3. The number of nitrogens with one attached hydrogen (secondary N) is 2. The lowest BCUT2D eigenvalue weighted by molar-refractivity contribution is 0.0908. The summed E-state index contributed by atoms with van der Waals surface area (Å²) in [6.45, 7) is 3.14. The van der Waals surface area contributed by atoms with Crippen molar-refractivity contribution >= 4 is 24.0 Å². The van der Waals surface area contributed by atoms with E-state index in [1.165, 1.54) is 24.1 Å². The van der Waals surface area contributed by atoms with Crippen molar-refractivity contribution in [3.63, 3.8) is 0 Å². The van der Waals surface area contributed by atoms with Crippen LogP contribution >= 0.6 is 12.4 Å². The molecule has 2 N–H and O–H groups in total. The highest BCUT2D eigenvalue weighted by Crippen LogP contribution is 2.29. The van der Waals surface area contributed by atoms with E-state index in [0.29, 0.717) is 0 Å². The van der Waals surface area contributed by atoms with Crippen LogP contribution in [0.3, 0.4) is 0 Å². The molecular formula is C15H21ClN2O. The van der Waals surface area contributed by atoms with Crippen molar-refractivity contribution in [2.75, 3.05) is 11.9 Å². The highest BCUT2D eigenvalue weighted by atomic mass is 35.5. The van der Waals surface area contributed by atoms with Crippen molar-refractivity contribution in [1.29, 1.82) is 0 Å². The smallest absolute Gasteiger partial charge is 0.251 e. The monoisotopic (exact) mass is 280 g/mol. The Kier molecular flexibility index (Phi) is 4.04. The summed E-state index contributed by atoms with van der Waals surface area (Å²) in [4.78, 5) is 12.3. The van der Waals surface area contributed by atoms with Crippen LogP contribution in [-0.2, 0) is 6.42 Å². The predicted octanol–water partition coefficient (Wildman–Crippen LogP) is 3.14. The lowest BCUT2D eigenvalue weighted by atomic mass is 9.99. The molecule has 3 rings (SSSR count). The molecule has 1 amide bonds. The zero-order chi connectivity index (χ0) is 12.6. The Morgan fingerprint density at radius 3 is 2.79 bits per heavy atom. The molecule has 2 aliphatic rings. The van der Waals surface area contributed by atoms with Gasteiger partial charge in [0.1, 0.15) is 0 Å². The zero-order valence-electron chi connectivity index (χ0n) is 11.3. The first-order chi connectivity index (χ1) is 8.66. The molecule has 104 valence electrons. The number of benzene rings is 1. The molecule has 1 aliphatic heterocycles. The van der Waals surface area contributed by atoms with Crippen LogP contribution in [0.4, 0.5) is 5.69 Å². The fourth-order valence-corrected chi connectivity index (χ4v) is 3.07. The standard InChI is InChI=1S/C15H20N2O.ClH/c1-15(7-2-3-8-15)17-14(18)12-4-5-13-11(10-12)6-9-16-13;/h4-5,10,16H,2-3,6-9H2,1H3,(H,17,18);1H. The summed E-state index contributed by atoms with van der Waals surface area (Å²) in [7, 11) is 0. The van der Waals surface area contributed by atoms with Crippen molar-refractivity contribution in [3.8, 4) is 0 Å². The van der Waals surface area contributed by atoms with E-state index in [-0.39, 0.29) is 23.9 Å². The van der Waals surface area contributed by atoms with Gasteiger partial charge < -0.3 is 10.6 Å². The Morgan fingerprint density at radius 2 is 2.05 bits per heavy atom. The van der Waals surface area contributed by atoms with E-state index >= 15 is 0 Å². The lowest BCUT2D eigenvalue weighted by Gasteiger charge is -2.25. The Hall–Kier alpha value is -1.22. The molecule has 19 heavy (non-hydrogen) atoms. The molecule has 1 saturated carbocycles. The van der Waals surface area contributed by atoms with Crippen molar-refractivity contribution in [2.45, 2.75) is 44.6 Å². The van der Waals surface area contributed by atoms with E-state index in [1.807, 2.05) is 18.2 Å². The SMILES string of the molecule is CC1(NC(=O)c2ccc3c(c2)CCN3)CCCC1.Cl. The van der Waals surface area contributed by atoms with Gasteiger partial charge in [-0.2, -0.15) is 0 Å². The third kappa shape index (κ3) is 2.86. The van der Waals surface area contributed by atoms with Crippen LogP contribution in [0.5, 0.6) is 0 Å². The van der Waals surface area contributed by atoms with Crippen molar-refractivity contribution in [2.24, 2.45) is 0 Å². The third-order valence-corrected chi connectivity index (χ3v) is 4.20. The average molecular weight is 281 g/mol. The number of fused-ring (bicyclic) bond motifs is 1. The third-order valence-electron chi connectivity index (χ3n) is 4.20. The Bertz CT molecular complexity index is 481. The number of halogens is 1. The van der Waals surface area contributed by atoms with Gasteiger partial charge in [0.15, 0.2) is 0 Å². The molecule has 0 atom stereocenters. The van der Waals surface area contributed by atoms with Gasteiger partial charge in [0, 0.05) is 23.3 Å². The number of hydrogen-bond donors (Lipinski definition) is 2. The van der Waals surface area contributed by atoms with Crippen molar-refractivity contribution in [3.05, 3.63) is 29.3 Å². The van der Waals surface area contributed by atoms with Gasteiger partial charge in [-0.25, -0.2) is 0 Å². The fraction of sp³-hybridized carbons (Fsp3) is 0.533. The van der Waals surface area contributed by atoms with Crippen LogP contribution in [0.1, 0.15) is 48.5 Å². The summed E-state index contributed by atoms with van der Waals surface area (Å²) in [6, 6.07) is 5.97. The molecule has 0 unspecified atom stereocenters. The highest BCUT2D eigenvalue weighted by molar-refractivity contribution is 5.95. The van der Waals surface area contributed by atoms with Gasteiger partial charge in [-0.1, -0.05) is 12.8 Å². The summed E-state index contributed by atoms with van der Waals surface area (Å²) in [5.41, 5.74) is 3.25.